The van der Waals surface area contributed by atoms with Crippen LogP contribution in [-0.2, 0) is 27.2 Å². The molecule has 1 amide bonds. The van der Waals surface area contributed by atoms with E-state index in [1.54, 1.807) is 23.0 Å². The number of thiocarbonyl (C=S) groups is 1. The third-order valence-corrected chi connectivity index (χ3v) is 19.6. The molecule has 2 fully saturated rings. The third kappa shape index (κ3) is 7.27. The number of imidazole rings is 1. The number of hydrogen-bond acceptors (Lipinski definition) is 12. The van der Waals surface area contributed by atoms with E-state index >= 15 is 0 Å². The normalized spacial score (nSPS) is 23.4. The van der Waals surface area contributed by atoms with E-state index in [0.717, 1.165) is 0 Å². The number of ether oxygens (including phenoxy) is 3. The predicted octanol–water partition coefficient (Wildman–Crippen LogP) is 6.45. The van der Waals surface area contributed by atoms with Crippen molar-refractivity contribution in [3.63, 3.8) is 0 Å². The van der Waals surface area contributed by atoms with Gasteiger partial charge in [-0.25, -0.2) is 4.98 Å². The molecule has 1 N–H and O–H groups in total. The zero-order valence-corrected chi connectivity index (χ0v) is 33.1. The maximum Gasteiger partial charge on any atom is 0.358 e. The highest BCUT2D eigenvalue weighted by Gasteiger charge is 2.62. The molecule has 13 nitrogen and oxygen atoms in total. The van der Waals surface area contributed by atoms with Gasteiger partial charge in [-0.1, -0.05) is 73.6 Å². The van der Waals surface area contributed by atoms with E-state index in [0.29, 0.717) is 22.7 Å². The van der Waals surface area contributed by atoms with Crippen molar-refractivity contribution in [3.8, 4) is 5.75 Å². The lowest BCUT2D eigenvalue weighted by Gasteiger charge is -2.51. The van der Waals surface area contributed by atoms with E-state index in [1.165, 1.54) is 6.92 Å². The molecule has 2 aliphatic heterocycles. The van der Waals surface area contributed by atoms with Gasteiger partial charge in [0.05, 0.1) is 12.9 Å². The van der Waals surface area contributed by atoms with Gasteiger partial charge in [0, 0.05) is 33.2 Å². The first-order chi connectivity index (χ1) is 23.1. The van der Waals surface area contributed by atoms with E-state index in [1.807, 2.05) is 37.2 Å². The van der Waals surface area contributed by atoms with E-state index in [-0.39, 0.29) is 45.9 Å². The number of aromatic nitrogens is 4. The first-order valence-corrected chi connectivity index (χ1v) is 21.2. The second-order valence-electron chi connectivity index (χ2n) is 14.1. The number of rotatable bonds is 9. The van der Waals surface area contributed by atoms with Crippen LogP contribution in [0.3, 0.4) is 0 Å². The van der Waals surface area contributed by atoms with Crippen molar-refractivity contribution >= 4 is 63.4 Å². The number of para-hydroxylation sites is 1. The zero-order valence-electron chi connectivity index (χ0n) is 30.3. The number of fused-ring (bicyclic) bond motifs is 2. The number of amides is 1. The van der Waals surface area contributed by atoms with E-state index in [2.05, 4.69) is 65.7 Å². The van der Waals surface area contributed by atoms with Crippen LogP contribution < -0.4 is 15.0 Å². The highest BCUT2D eigenvalue weighted by molar-refractivity contribution is 7.79. The van der Waals surface area contributed by atoms with Crippen LogP contribution in [0.4, 0.5) is 11.8 Å². The molecule has 0 saturated carbocycles. The molecule has 2 aromatic heterocycles. The summed E-state index contributed by atoms with van der Waals surface area (Å²) in [7, 11) is -2.20. The molecule has 0 spiro atoms. The molecule has 4 heterocycles. The van der Waals surface area contributed by atoms with Gasteiger partial charge in [-0.15, -0.1) is 0 Å². The molecular weight excluding hydrogens is 681 g/mol. The van der Waals surface area contributed by atoms with Crippen molar-refractivity contribution in [1.29, 1.82) is 0 Å². The summed E-state index contributed by atoms with van der Waals surface area (Å²) in [5, 5.41) is 2.63. The lowest BCUT2D eigenvalue weighted by atomic mass is 10.1. The summed E-state index contributed by atoms with van der Waals surface area (Å²) in [4.78, 5) is 27.8. The quantitative estimate of drug-likeness (QED) is 0.192. The van der Waals surface area contributed by atoms with Crippen molar-refractivity contribution in [2.75, 3.05) is 30.9 Å². The minimum atomic E-state index is -3.07. The summed E-state index contributed by atoms with van der Waals surface area (Å²) in [6.07, 6.45) is -1.19. The Hall–Kier alpha value is -3.00. The first kappa shape index (κ1) is 37.3. The molecule has 16 heteroatoms. The zero-order chi connectivity index (χ0) is 35.8. The number of nitrogens with zero attached hydrogens (tertiary/aromatic N) is 5. The van der Waals surface area contributed by atoms with E-state index in [4.69, 9.17) is 49.4 Å². The highest BCUT2D eigenvalue weighted by atomic mass is 32.1. The summed E-state index contributed by atoms with van der Waals surface area (Å²) < 4.78 is 43.0. The average Bonchev–Trinajstić information content (AvgIpc) is 3.56. The largest absolute Gasteiger partial charge is 0.446 e. The van der Waals surface area contributed by atoms with Gasteiger partial charge in [0.25, 0.3) is 0 Å². The molecule has 2 saturated heterocycles. The van der Waals surface area contributed by atoms with Crippen LogP contribution in [0.25, 0.3) is 11.2 Å². The number of carbonyl (C=O) groups excluding carboxylic acids is 1. The Labute approximate surface area is 296 Å². The molecule has 2 aliphatic rings. The summed E-state index contributed by atoms with van der Waals surface area (Å²) >= 11 is 5.69. The molecule has 3 aromatic rings. The van der Waals surface area contributed by atoms with Gasteiger partial charge < -0.3 is 32.1 Å². The lowest BCUT2D eigenvalue weighted by Crippen LogP contribution is -2.66. The van der Waals surface area contributed by atoms with Crippen molar-refractivity contribution in [2.45, 2.75) is 109 Å². The van der Waals surface area contributed by atoms with Gasteiger partial charge in [-0.2, -0.15) is 9.97 Å². The summed E-state index contributed by atoms with van der Waals surface area (Å²) in [5.41, 5.74) is 1.45. The molecule has 1 aromatic carbocycles. The van der Waals surface area contributed by atoms with Crippen LogP contribution in [0.2, 0.25) is 22.2 Å². The summed E-state index contributed by atoms with van der Waals surface area (Å²) in [6, 6.07) is 9.23. The number of hydrogen-bond donors (Lipinski definition) is 1. The SMILES string of the molecule is CC(=O)Nc1nc(N(C)C)c2ncn([C@@H]3O[C@@H]4CO[Si](C(C)C)(C(C)C)O[Si](C(C)C)(C(C)C)O[C@H]4[C@H]3OC(=S)Oc3ccccc3)c2n1. The topological polar surface area (TPSA) is 131 Å². The molecule has 0 unspecified atom stereocenters. The standard InChI is InChI=1S/C33H50N6O7SSi2/c1-19(2)48(20(3)4)41-17-25-27(45-49(46-48,21(5)6)22(7)8)28(44-33(47)42-24-15-13-12-14-16-24)31(43-25)39-18-34-26-29(38(10)11)36-32(35-23(9)40)37-30(26)39/h12-16,18-22,25,27-28,31H,17H2,1-11H3,(H,35,36,37,40)/t25-,27-,28-,31-/m1/s1. The van der Waals surface area contributed by atoms with Crippen molar-refractivity contribution in [2.24, 2.45) is 0 Å². The number of anilines is 2. The lowest BCUT2D eigenvalue weighted by molar-refractivity contribution is -0.114. The van der Waals surface area contributed by atoms with Crippen LogP contribution >= 0.6 is 12.2 Å². The predicted molar refractivity (Wildman–Crippen MR) is 196 cm³/mol. The van der Waals surface area contributed by atoms with Gasteiger partial charge in [-0.3, -0.25) is 14.7 Å². The Morgan fingerprint density at radius 2 is 1.63 bits per heavy atom. The Morgan fingerprint density at radius 3 is 2.20 bits per heavy atom. The summed E-state index contributed by atoms with van der Waals surface area (Å²) in [6.45, 7) is 19.0. The number of nitrogens with one attached hydrogen (secondary N) is 1. The van der Waals surface area contributed by atoms with Crippen LogP contribution in [-0.4, -0.2) is 86.8 Å². The average molecular weight is 731 g/mol. The van der Waals surface area contributed by atoms with Gasteiger partial charge in [-0.05, 0) is 34.3 Å². The Balaban J connectivity index is 1.65. The van der Waals surface area contributed by atoms with Crippen molar-refractivity contribution in [1.82, 2.24) is 19.5 Å². The van der Waals surface area contributed by atoms with Crippen molar-refractivity contribution < 1.29 is 32.0 Å². The first-order valence-electron chi connectivity index (χ1n) is 16.9. The van der Waals surface area contributed by atoms with Gasteiger partial charge in [0.2, 0.25) is 11.9 Å². The molecule has 49 heavy (non-hydrogen) atoms. The van der Waals surface area contributed by atoms with Crippen LogP contribution in [0.15, 0.2) is 36.7 Å². The minimum absolute atomic E-state index is 0.0797. The molecule has 5 rings (SSSR count). The fourth-order valence-corrected chi connectivity index (χ4v) is 18.2. The molecule has 0 bridgehead atoms. The van der Waals surface area contributed by atoms with E-state index in [9.17, 15) is 4.79 Å². The Kier molecular flexibility index (Phi) is 11.2. The molecule has 0 aliphatic carbocycles. The second-order valence-corrected chi connectivity index (χ2v) is 23.3. The smallest absolute Gasteiger partial charge is 0.358 e. The molecule has 0 radical (unpaired) electrons. The Bertz CT molecular complexity index is 1620. The second kappa shape index (κ2) is 14.7. The maximum absolute atomic E-state index is 12.1. The molecule has 4 atom stereocenters. The number of benzene rings is 1. The number of carbonyl (C=O) groups is 1. The monoisotopic (exact) mass is 730 g/mol. The molecule has 268 valence electrons. The minimum Gasteiger partial charge on any atom is -0.446 e. The Morgan fingerprint density at radius 1 is 1.00 bits per heavy atom. The van der Waals surface area contributed by atoms with Gasteiger partial charge >= 0.3 is 22.4 Å². The van der Waals surface area contributed by atoms with Crippen LogP contribution in [0, 0.1) is 0 Å². The fraction of sp³-hybridized carbons (Fsp3) is 0.606. The summed E-state index contributed by atoms with van der Waals surface area (Å²) in [5.74, 6) is 0.908. The highest BCUT2D eigenvalue weighted by Crippen LogP contribution is 2.49. The van der Waals surface area contributed by atoms with Crippen molar-refractivity contribution in [3.05, 3.63) is 36.7 Å². The third-order valence-electron chi connectivity index (χ3n) is 9.18. The maximum atomic E-state index is 12.1. The van der Waals surface area contributed by atoms with Gasteiger partial charge in [0.1, 0.15) is 18.0 Å². The fourth-order valence-electron chi connectivity index (χ4n) is 6.81. The van der Waals surface area contributed by atoms with Gasteiger partial charge in [0.15, 0.2) is 29.3 Å². The van der Waals surface area contributed by atoms with Crippen LogP contribution in [0.5, 0.6) is 5.75 Å². The molecular formula is C33H50N6O7SSi2. The van der Waals surface area contributed by atoms with E-state index < -0.39 is 41.7 Å². The van der Waals surface area contributed by atoms with Crippen LogP contribution in [0.1, 0.15) is 68.5 Å².